The molecule has 6 heteroatoms. The third-order valence-electron chi connectivity index (χ3n) is 3.04. The molecule has 3 rings (SSSR count). The molecule has 0 bridgehead atoms. The van der Waals surface area contributed by atoms with E-state index < -0.39 is 0 Å². The van der Waals surface area contributed by atoms with Crippen LogP contribution in [0.5, 0.6) is 0 Å². The average Bonchev–Trinajstić information content (AvgIpc) is 3.09. The van der Waals surface area contributed by atoms with E-state index in [-0.39, 0.29) is 0 Å². The number of aromatic nitrogens is 2. The summed E-state index contributed by atoms with van der Waals surface area (Å²) in [7, 11) is 0. The minimum atomic E-state index is 0.417. The van der Waals surface area contributed by atoms with Crippen molar-refractivity contribution in [2.24, 2.45) is 0 Å². The van der Waals surface area contributed by atoms with E-state index in [2.05, 4.69) is 39.4 Å². The highest BCUT2D eigenvalue weighted by Gasteiger charge is 2.17. The highest BCUT2D eigenvalue weighted by atomic mass is 32.1. The molecule has 0 saturated carbocycles. The molecule has 0 amide bonds. The van der Waals surface area contributed by atoms with E-state index in [0.29, 0.717) is 6.04 Å². The number of hydrogen-bond acceptors (Lipinski definition) is 6. The smallest absolute Gasteiger partial charge is 0.185 e. The van der Waals surface area contributed by atoms with Gasteiger partial charge in [-0.2, -0.15) is 0 Å². The van der Waals surface area contributed by atoms with E-state index in [1.54, 1.807) is 22.7 Å². The molecule has 0 aromatic carbocycles. The maximum atomic E-state index is 4.62. The lowest BCUT2D eigenvalue weighted by atomic mass is 10.4. The first kappa shape index (κ1) is 12.9. The number of rotatable bonds is 4. The molecule has 3 heterocycles. The zero-order chi connectivity index (χ0) is 13.2. The molecule has 1 aliphatic rings. The highest BCUT2D eigenvalue weighted by Crippen LogP contribution is 2.34. The molecule has 1 fully saturated rings. The third kappa shape index (κ3) is 2.90. The van der Waals surface area contributed by atoms with Gasteiger partial charge in [-0.05, 0) is 26.7 Å². The lowest BCUT2D eigenvalue weighted by molar-refractivity contribution is 0.897. The van der Waals surface area contributed by atoms with Gasteiger partial charge in [-0.15, -0.1) is 11.3 Å². The van der Waals surface area contributed by atoms with Crippen molar-refractivity contribution in [2.75, 3.05) is 23.3 Å². The second-order valence-electron chi connectivity index (χ2n) is 5.04. The van der Waals surface area contributed by atoms with Gasteiger partial charge >= 0.3 is 0 Å². The van der Waals surface area contributed by atoms with Gasteiger partial charge in [0, 0.05) is 30.7 Å². The fourth-order valence-corrected chi connectivity index (χ4v) is 4.00. The third-order valence-corrected chi connectivity index (χ3v) is 4.89. The van der Waals surface area contributed by atoms with Crippen molar-refractivity contribution in [2.45, 2.75) is 32.7 Å². The standard InChI is InChI=1S/C13H18N4S2/c1-9(2)15-12-16-10(8-18-12)11-7-14-13(19-11)17-5-3-4-6-17/h7-9H,3-6H2,1-2H3,(H,15,16). The van der Waals surface area contributed by atoms with Crippen LogP contribution in [-0.4, -0.2) is 29.1 Å². The number of thiazole rings is 2. The molecule has 102 valence electrons. The molecule has 4 nitrogen and oxygen atoms in total. The Balaban J connectivity index is 1.76. The molecule has 0 unspecified atom stereocenters. The quantitative estimate of drug-likeness (QED) is 0.934. The topological polar surface area (TPSA) is 41.1 Å². The predicted octanol–water partition coefficient (Wildman–Crippen LogP) is 3.69. The Bertz CT molecular complexity index is 540. The van der Waals surface area contributed by atoms with Crippen LogP contribution in [0.25, 0.3) is 10.6 Å². The summed E-state index contributed by atoms with van der Waals surface area (Å²) in [6, 6.07) is 0.417. The first-order valence-corrected chi connectivity index (χ1v) is 8.35. The van der Waals surface area contributed by atoms with Gasteiger partial charge in [-0.25, -0.2) is 9.97 Å². The van der Waals surface area contributed by atoms with E-state index in [0.717, 1.165) is 33.9 Å². The van der Waals surface area contributed by atoms with Crippen LogP contribution in [0.3, 0.4) is 0 Å². The monoisotopic (exact) mass is 294 g/mol. The van der Waals surface area contributed by atoms with Gasteiger partial charge in [-0.1, -0.05) is 11.3 Å². The van der Waals surface area contributed by atoms with Crippen LogP contribution in [0.2, 0.25) is 0 Å². The highest BCUT2D eigenvalue weighted by molar-refractivity contribution is 7.19. The van der Waals surface area contributed by atoms with Crippen molar-refractivity contribution in [1.29, 1.82) is 0 Å². The summed E-state index contributed by atoms with van der Waals surface area (Å²) < 4.78 is 0. The molecular weight excluding hydrogens is 276 g/mol. The molecule has 0 spiro atoms. The van der Waals surface area contributed by atoms with Crippen LogP contribution < -0.4 is 10.2 Å². The van der Waals surface area contributed by atoms with Crippen LogP contribution in [0, 0.1) is 0 Å². The van der Waals surface area contributed by atoms with E-state index >= 15 is 0 Å². The van der Waals surface area contributed by atoms with Crippen LogP contribution >= 0.6 is 22.7 Å². The molecule has 1 N–H and O–H groups in total. The summed E-state index contributed by atoms with van der Waals surface area (Å²) in [4.78, 5) is 12.7. The van der Waals surface area contributed by atoms with Crippen molar-refractivity contribution in [3.05, 3.63) is 11.6 Å². The average molecular weight is 294 g/mol. The first-order valence-electron chi connectivity index (χ1n) is 6.65. The van der Waals surface area contributed by atoms with Crippen molar-refractivity contribution in [1.82, 2.24) is 9.97 Å². The first-order chi connectivity index (χ1) is 9.22. The van der Waals surface area contributed by atoms with Crippen LogP contribution in [0.15, 0.2) is 11.6 Å². The summed E-state index contributed by atoms with van der Waals surface area (Å²) in [5, 5.41) is 7.57. The van der Waals surface area contributed by atoms with Gasteiger partial charge < -0.3 is 10.2 Å². The lowest BCUT2D eigenvalue weighted by Gasteiger charge is -2.11. The van der Waals surface area contributed by atoms with Gasteiger partial charge in [0.1, 0.15) is 0 Å². The fraction of sp³-hybridized carbons (Fsp3) is 0.538. The second-order valence-corrected chi connectivity index (χ2v) is 6.91. The van der Waals surface area contributed by atoms with Crippen LogP contribution in [0.4, 0.5) is 10.3 Å². The van der Waals surface area contributed by atoms with E-state index in [9.17, 15) is 0 Å². The molecule has 1 aliphatic heterocycles. The lowest BCUT2D eigenvalue weighted by Crippen LogP contribution is -2.16. The summed E-state index contributed by atoms with van der Waals surface area (Å²) >= 11 is 3.40. The molecule has 19 heavy (non-hydrogen) atoms. The van der Waals surface area contributed by atoms with E-state index in [1.807, 2.05) is 6.20 Å². The Labute approximate surface area is 121 Å². The van der Waals surface area contributed by atoms with E-state index in [1.165, 1.54) is 12.8 Å². The molecule has 0 radical (unpaired) electrons. The summed E-state index contributed by atoms with van der Waals surface area (Å²) in [6.45, 7) is 6.53. The Morgan fingerprint density at radius 3 is 2.84 bits per heavy atom. The Morgan fingerprint density at radius 2 is 2.11 bits per heavy atom. The van der Waals surface area contributed by atoms with Crippen molar-refractivity contribution < 1.29 is 0 Å². The molecule has 2 aromatic rings. The van der Waals surface area contributed by atoms with E-state index in [4.69, 9.17) is 0 Å². The summed E-state index contributed by atoms with van der Waals surface area (Å²) in [5.41, 5.74) is 1.04. The Kier molecular flexibility index (Phi) is 3.70. The zero-order valence-electron chi connectivity index (χ0n) is 11.2. The van der Waals surface area contributed by atoms with Crippen LogP contribution in [-0.2, 0) is 0 Å². The number of nitrogens with zero attached hydrogens (tertiary/aromatic N) is 3. The van der Waals surface area contributed by atoms with Gasteiger partial charge in [0.25, 0.3) is 0 Å². The van der Waals surface area contributed by atoms with Gasteiger partial charge in [-0.3, -0.25) is 0 Å². The number of hydrogen-bond donors (Lipinski definition) is 1. The van der Waals surface area contributed by atoms with Crippen molar-refractivity contribution in [3.63, 3.8) is 0 Å². The molecule has 2 aromatic heterocycles. The zero-order valence-corrected chi connectivity index (χ0v) is 12.9. The fourth-order valence-electron chi connectivity index (χ4n) is 2.14. The molecular formula is C13H18N4S2. The van der Waals surface area contributed by atoms with Gasteiger partial charge in [0.2, 0.25) is 0 Å². The Hall–Kier alpha value is -1.14. The van der Waals surface area contributed by atoms with Gasteiger partial charge in [0.05, 0.1) is 10.6 Å². The maximum absolute atomic E-state index is 4.62. The largest absolute Gasteiger partial charge is 0.359 e. The summed E-state index contributed by atoms with van der Waals surface area (Å²) in [5.74, 6) is 0. The van der Waals surface area contributed by atoms with Crippen molar-refractivity contribution in [3.8, 4) is 10.6 Å². The van der Waals surface area contributed by atoms with Gasteiger partial charge in [0.15, 0.2) is 10.3 Å². The minimum absolute atomic E-state index is 0.417. The predicted molar refractivity (Wildman–Crippen MR) is 83.4 cm³/mol. The maximum Gasteiger partial charge on any atom is 0.185 e. The second kappa shape index (κ2) is 5.46. The van der Waals surface area contributed by atoms with Crippen molar-refractivity contribution >= 4 is 32.9 Å². The van der Waals surface area contributed by atoms with Crippen LogP contribution in [0.1, 0.15) is 26.7 Å². The molecule has 0 aliphatic carbocycles. The minimum Gasteiger partial charge on any atom is -0.359 e. The number of anilines is 2. The summed E-state index contributed by atoms with van der Waals surface area (Å²) in [6.07, 6.45) is 4.52. The SMILES string of the molecule is CC(C)Nc1nc(-c2cnc(N3CCCC3)s2)cs1. The number of nitrogens with one attached hydrogen (secondary N) is 1. The molecule has 0 atom stereocenters. The molecule has 1 saturated heterocycles. The normalized spacial score (nSPS) is 15.4. The Morgan fingerprint density at radius 1 is 1.32 bits per heavy atom.